The number of nitrogens with zero attached hydrogens (tertiary/aromatic N) is 2. The topological polar surface area (TPSA) is 45.2 Å². The predicted molar refractivity (Wildman–Crippen MR) is 141 cm³/mol. The van der Waals surface area contributed by atoms with E-state index in [0.717, 1.165) is 11.3 Å². The zero-order chi connectivity index (χ0) is 23.3. The van der Waals surface area contributed by atoms with Crippen LogP contribution in [0.15, 0.2) is 66.9 Å². The van der Waals surface area contributed by atoms with Gasteiger partial charge in [0.2, 0.25) is 0 Å². The van der Waals surface area contributed by atoms with Gasteiger partial charge in [0.1, 0.15) is 0 Å². The van der Waals surface area contributed by atoms with Crippen LogP contribution < -0.4 is 10.5 Å². The molecule has 1 N–H and O–H groups in total. The number of benzene rings is 2. The van der Waals surface area contributed by atoms with E-state index in [0.29, 0.717) is 16.3 Å². The lowest BCUT2D eigenvalue weighted by Gasteiger charge is -2.30. The number of rotatable bonds is 7. The lowest BCUT2D eigenvalue weighted by molar-refractivity contribution is 0.102. The predicted octanol–water partition coefficient (Wildman–Crippen LogP) is 6.06. The highest BCUT2D eigenvalue weighted by atomic mass is 35.5. The number of likely N-dealkylation sites (tertiary alicyclic amines) is 1. The molecule has 1 fully saturated rings. The van der Waals surface area contributed by atoms with Crippen molar-refractivity contribution in [1.82, 2.24) is 9.88 Å². The van der Waals surface area contributed by atoms with Gasteiger partial charge in [-0.2, -0.15) is 0 Å². The Morgan fingerprint density at radius 2 is 1.70 bits per heavy atom. The third kappa shape index (κ3) is 6.11. The van der Waals surface area contributed by atoms with Gasteiger partial charge in [0.25, 0.3) is 5.91 Å². The summed E-state index contributed by atoms with van der Waals surface area (Å²) in [5.41, 5.74) is 3.03. The minimum Gasteiger partial charge on any atom is -0.322 e. The molecule has 0 unspecified atom stereocenters. The Labute approximate surface area is 203 Å². The van der Waals surface area contributed by atoms with Crippen LogP contribution in [0.25, 0.3) is 11.3 Å². The number of amides is 1. The first kappa shape index (κ1) is 23.7. The number of pyridine rings is 1. The van der Waals surface area contributed by atoms with E-state index in [1.807, 2.05) is 30.3 Å². The summed E-state index contributed by atoms with van der Waals surface area (Å²) < 4.78 is 0. The summed E-state index contributed by atoms with van der Waals surface area (Å²) in [6.45, 7) is 8.61. The third-order valence-corrected chi connectivity index (χ3v) is 10.3. The van der Waals surface area contributed by atoms with Crippen LogP contribution in [0.3, 0.4) is 0 Å². The van der Waals surface area contributed by atoms with Crippen LogP contribution in [-0.4, -0.2) is 43.5 Å². The second-order valence-corrected chi connectivity index (χ2v) is 14.7. The van der Waals surface area contributed by atoms with Crippen molar-refractivity contribution >= 4 is 36.5 Å². The summed E-state index contributed by atoms with van der Waals surface area (Å²) in [6, 6.07) is 20.7. The highest BCUT2D eigenvalue weighted by Gasteiger charge is 2.24. The standard InChI is InChI=1S/C27H32ClN3OSi/c1-33(2,20-19-31-17-4-3-5-18-31)24-14-12-23(13-15-24)30-27(32)22-10-8-21(9-11-22)26-25(28)7-6-16-29-26/h6-16H,3-5,17-20H2,1-2H3,(H,30,32). The molecule has 1 amide bonds. The summed E-state index contributed by atoms with van der Waals surface area (Å²) in [5, 5.41) is 5.05. The molecule has 3 aromatic rings. The van der Waals surface area contributed by atoms with Crippen molar-refractivity contribution in [2.45, 2.75) is 38.4 Å². The monoisotopic (exact) mass is 477 g/mol. The maximum atomic E-state index is 12.7. The zero-order valence-corrected chi connectivity index (χ0v) is 21.2. The molecule has 6 heteroatoms. The van der Waals surface area contributed by atoms with E-state index in [1.54, 1.807) is 24.4 Å². The summed E-state index contributed by atoms with van der Waals surface area (Å²) in [6.07, 6.45) is 5.78. The highest BCUT2D eigenvalue weighted by Crippen LogP contribution is 2.25. The van der Waals surface area contributed by atoms with Gasteiger partial charge >= 0.3 is 0 Å². The van der Waals surface area contributed by atoms with Crippen molar-refractivity contribution in [3.63, 3.8) is 0 Å². The van der Waals surface area contributed by atoms with Gasteiger partial charge in [-0.3, -0.25) is 9.78 Å². The van der Waals surface area contributed by atoms with Gasteiger partial charge in [-0.15, -0.1) is 0 Å². The molecule has 2 aromatic carbocycles. The molecule has 4 nitrogen and oxygen atoms in total. The molecule has 1 saturated heterocycles. The van der Waals surface area contributed by atoms with Gasteiger partial charge in [-0.1, -0.05) is 60.6 Å². The number of piperidine rings is 1. The fourth-order valence-electron chi connectivity index (χ4n) is 4.35. The second-order valence-electron chi connectivity index (χ2n) is 9.48. The first-order valence-electron chi connectivity index (χ1n) is 11.8. The molecule has 0 saturated carbocycles. The smallest absolute Gasteiger partial charge is 0.255 e. The maximum Gasteiger partial charge on any atom is 0.255 e. The number of carbonyl (C=O) groups excluding carboxylic acids is 1. The van der Waals surface area contributed by atoms with E-state index in [1.165, 1.54) is 50.1 Å². The van der Waals surface area contributed by atoms with Crippen LogP contribution >= 0.6 is 11.6 Å². The largest absolute Gasteiger partial charge is 0.322 e. The van der Waals surface area contributed by atoms with Crippen molar-refractivity contribution in [2.24, 2.45) is 0 Å². The van der Waals surface area contributed by atoms with Crippen LogP contribution in [0.1, 0.15) is 29.6 Å². The average Bonchev–Trinajstić information content (AvgIpc) is 2.84. The molecule has 4 rings (SSSR count). The minimum atomic E-state index is -1.50. The summed E-state index contributed by atoms with van der Waals surface area (Å²) in [4.78, 5) is 19.7. The fraction of sp³-hybridized carbons (Fsp3) is 0.333. The van der Waals surface area contributed by atoms with Crippen molar-refractivity contribution < 1.29 is 4.79 Å². The Kier molecular flexibility index (Phi) is 7.63. The van der Waals surface area contributed by atoms with E-state index in [4.69, 9.17) is 11.6 Å². The van der Waals surface area contributed by atoms with Gasteiger partial charge in [0, 0.05) is 23.0 Å². The second kappa shape index (κ2) is 10.6. The van der Waals surface area contributed by atoms with Crippen molar-refractivity contribution in [2.75, 3.05) is 25.0 Å². The number of nitrogens with one attached hydrogen (secondary N) is 1. The molecular weight excluding hydrogens is 446 g/mol. The normalized spacial score (nSPS) is 14.8. The molecule has 0 spiro atoms. The number of aromatic nitrogens is 1. The first-order valence-corrected chi connectivity index (χ1v) is 15.4. The molecule has 0 aliphatic carbocycles. The molecule has 1 aromatic heterocycles. The summed E-state index contributed by atoms with van der Waals surface area (Å²) in [7, 11) is -1.50. The van der Waals surface area contributed by atoms with Crippen LogP contribution in [0, 0.1) is 0 Å². The van der Waals surface area contributed by atoms with E-state index in [9.17, 15) is 4.79 Å². The molecule has 1 aliphatic rings. The molecular formula is C27H32ClN3OSi. The van der Waals surface area contributed by atoms with E-state index in [2.05, 4.69) is 40.4 Å². The number of halogens is 1. The number of anilines is 1. The quantitative estimate of drug-likeness (QED) is 0.421. The third-order valence-electron chi connectivity index (χ3n) is 6.60. The molecule has 0 radical (unpaired) electrons. The Balaban J connectivity index is 1.36. The lowest BCUT2D eigenvalue weighted by atomic mass is 10.1. The Hall–Kier alpha value is -2.47. The SMILES string of the molecule is C[Si](C)(CCN1CCCCC1)c1ccc(NC(=O)c2ccc(-c3ncccc3Cl)cc2)cc1. The summed E-state index contributed by atoms with van der Waals surface area (Å²) >= 11 is 6.23. The molecule has 172 valence electrons. The average molecular weight is 478 g/mol. The van der Waals surface area contributed by atoms with E-state index >= 15 is 0 Å². The van der Waals surface area contributed by atoms with Crippen LogP contribution in [0.2, 0.25) is 24.2 Å². The molecule has 0 bridgehead atoms. The fourth-order valence-corrected chi connectivity index (χ4v) is 6.81. The first-order chi connectivity index (χ1) is 15.9. The van der Waals surface area contributed by atoms with Crippen molar-refractivity contribution in [3.8, 4) is 11.3 Å². The van der Waals surface area contributed by atoms with Gasteiger partial charge in [-0.25, -0.2) is 0 Å². The van der Waals surface area contributed by atoms with E-state index in [-0.39, 0.29) is 5.91 Å². The van der Waals surface area contributed by atoms with Crippen LogP contribution in [0.4, 0.5) is 5.69 Å². The van der Waals surface area contributed by atoms with Gasteiger partial charge < -0.3 is 10.2 Å². The van der Waals surface area contributed by atoms with Crippen molar-refractivity contribution in [3.05, 3.63) is 77.4 Å². The zero-order valence-electron chi connectivity index (χ0n) is 19.5. The van der Waals surface area contributed by atoms with Crippen LogP contribution in [0.5, 0.6) is 0 Å². The number of carbonyl (C=O) groups is 1. The Morgan fingerprint density at radius 3 is 2.36 bits per heavy atom. The molecule has 2 heterocycles. The van der Waals surface area contributed by atoms with Crippen molar-refractivity contribution in [1.29, 1.82) is 0 Å². The molecule has 0 atom stereocenters. The highest BCUT2D eigenvalue weighted by molar-refractivity contribution is 6.89. The maximum absolute atomic E-state index is 12.7. The van der Waals surface area contributed by atoms with Gasteiger partial charge in [0.05, 0.1) is 18.8 Å². The minimum absolute atomic E-state index is 0.122. The summed E-state index contributed by atoms with van der Waals surface area (Å²) in [5.74, 6) is -0.122. The van der Waals surface area contributed by atoms with Gasteiger partial charge in [-0.05, 0) is 74.9 Å². The Morgan fingerprint density at radius 1 is 1.00 bits per heavy atom. The van der Waals surface area contributed by atoms with E-state index < -0.39 is 8.07 Å². The lowest BCUT2D eigenvalue weighted by Crippen LogP contribution is -2.44. The van der Waals surface area contributed by atoms with Crippen LogP contribution in [-0.2, 0) is 0 Å². The Bertz CT molecular complexity index is 1080. The molecule has 33 heavy (non-hydrogen) atoms. The number of hydrogen-bond acceptors (Lipinski definition) is 3. The van der Waals surface area contributed by atoms with Gasteiger partial charge in [0.15, 0.2) is 0 Å². The number of hydrogen-bond donors (Lipinski definition) is 1. The molecule has 1 aliphatic heterocycles.